The van der Waals surface area contributed by atoms with E-state index in [0.717, 1.165) is 5.56 Å². The van der Waals surface area contributed by atoms with E-state index in [0.29, 0.717) is 12.4 Å². The number of carbonyl (C=O) groups excluding carboxylic acids is 3. The van der Waals surface area contributed by atoms with Crippen LogP contribution in [-0.2, 0) is 9.59 Å². The first-order valence-electron chi connectivity index (χ1n) is 7.50. The van der Waals surface area contributed by atoms with Crippen LogP contribution in [0.2, 0.25) is 0 Å². The molecule has 128 valence electrons. The molecular formula is C15H19N5O4. The van der Waals surface area contributed by atoms with E-state index in [4.69, 9.17) is 4.74 Å². The number of hydrazone groups is 1. The molecule has 0 aromatic heterocycles. The number of nitrogens with one attached hydrogen (secondary N) is 4. The van der Waals surface area contributed by atoms with E-state index < -0.39 is 18.0 Å². The highest BCUT2D eigenvalue weighted by molar-refractivity contribution is 5.99. The van der Waals surface area contributed by atoms with Gasteiger partial charge in [0.2, 0.25) is 11.8 Å². The number of para-hydroxylation sites is 1. The van der Waals surface area contributed by atoms with Crippen molar-refractivity contribution >= 4 is 24.1 Å². The molecule has 1 aromatic carbocycles. The van der Waals surface area contributed by atoms with Gasteiger partial charge in [-0.1, -0.05) is 12.1 Å². The molecule has 2 rings (SSSR count). The first kappa shape index (κ1) is 17.4. The number of imide groups is 1. The molecular weight excluding hydrogens is 314 g/mol. The van der Waals surface area contributed by atoms with Crippen LogP contribution >= 0.6 is 0 Å². The lowest BCUT2D eigenvalue weighted by Gasteiger charge is -2.22. The molecule has 9 heteroatoms. The summed E-state index contributed by atoms with van der Waals surface area (Å²) in [6.07, 6.45) is 1.79. The summed E-state index contributed by atoms with van der Waals surface area (Å²) < 4.78 is 5.45. The number of carbonyl (C=O) groups is 3. The van der Waals surface area contributed by atoms with Gasteiger partial charge in [0.05, 0.1) is 12.8 Å². The maximum Gasteiger partial charge on any atom is 0.335 e. The van der Waals surface area contributed by atoms with Crippen LogP contribution < -0.4 is 26.3 Å². The maximum absolute atomic E-state index is 11.8. The second kappa shape index (κ2) is 8.63. The zero-order chi connectivity index (χ0) is 17.4. The quantitative estimate of drug-likeness (QED) is 0.414. The average Bonchev–Trinajstić information content (AvgIpc) is 2.56. The number of hydrazine groups is 1. The molecule has 1 aliphatic rings. The van der Waals surface area contributed by atoms with Gasteiger partial charge in [-0.25, -0.2) is 15.6 Å². The lowest BCUT2D eigenvalue weighted by atomic mass is 10.1. The number of ether oxygens (including phenoxy) is 1. The summed E-state index contributed by atoms with van der Waals surface area (Å²) in [6.45, 7) is 2.41. The largest absolute Gasteiger partial charge is 0.493 e. The molecule has 0 bridgehead atoms. The monoisotopic (exact) mass is 333 g/mol. The van der Waals surface area contributed by atoms with Gasteiger partial charge in [-0.05, 0) is 25.5 Å². The van der Waals surface area contributed by atoms with Gasteiger partial charge >= 0.3 is 6.03 Å². The zero-order valence-electron chi connectivity index (χ0n) is 13.2. The SMILES string of the molecule is CCOc1ccccc1/C=N/NC(=O)CCC1NNC(=O)NC1=O. The van der Waals surface area contributed by atoms with Gasteiger partial charge in [0.25, 0.3) is 0 Å². The number of nitrogens with zero attached hydrogens (tertiary/aromatic N) is 1. The fourth-order valence-electron chi connectivity index (χ4n) is 2.03. The Hall–Kier alpha value is -2.94. The van der Waals surface area contributed by atoms with Gasteiger partial charge in [-0.3, -0.25) is 20.3 Å². The lowest BCUT2D eigenvalue weighted by Crippen LogP contribution is -2.62. The van der Waals surface area contributed by atoms with E-state index in [2.05, 4.69) is 26.7 Å². The average molecular weight is 333 g/mol. The van der Waals surface area contributed by atoms with Crippen LogP contribution in [0, 0.1) is 0 Å². The van der Waals surface area contributed by atoms with Crippen LogP contribution in [0.25, 0.3) is 0 Å². The van der Waals surface area contributed by atoms with Crippen molar-refractivity contribution in [3.8, 4) is 5.75 Å². The summed E-state index contributed by atoms with van der Waals surface area (Å²) in [6, 6.07) is 6.05. The summed E-state index contributed by atoms with van der Waals surface area (Å²) in [5.74, 6) is -0.135. The first-order valence-corrected chi connectivity index (χ1v) is 7.50. The Morgan fingerprint density at radius 3 is 2.92 bits per heavy atom. The first-order chi connectivity index (χ1) is 11.6. The highest BCUT2D eigenvalue weighted by Crippen LogP contribution is 2.15. The molecule has 1 aromatic rings. The molecule has 1 heterocycles. The van der Waals surface area contributed by atoms with Gasteiger partial charge in [0.15, 0.2) is 0 Å². The zero-order valence-corrected chi connectivity index (χ0v) is 13.2. The van der Waals surface area contributed by atoms with Crippen LogP contribution in [0.5, 0.6) is 5.75 Å². The number of benzene rings is 1. The van der Waals surface area contributed by atoms with Gasteiger partial charge in [0, 0.05) is 12.0 Å². The molecule has 4 N–H and O–H groups in total. The van der Waals surface area contributed by atoms with Gasteiger partial charge in [-0.15, -0.1) is 0 Å². The Balaban J connectivity index is 1.79. The topological polar surface area (TPSA) is 121 Å². The standard InChI is InChI=1S/C15H19N5O4/c1-2-24-12-6-4-3-5-10(12)9-16-19-13(21)8-7-11-14(22)17-15(23)20-18-11/h3-6,9,11,18H,2,7-8H2,1H3,(H,19,21)(H2,17,20,22,23)/b16-9+. The summed E-state index contributed by atoms with van der Waals surface area (Å²) in [4.78, 5) is 34.2. The van der Waals surface area contributed by atoms with E-state index in [1.54, 1.807) is 0 Å². The Morgan fingerprint density at radius 1 is 1.38 bits per heavy atom. The fourth-order valence-corrected chi connectivity index (χ4v) is 2.03. The summed E-state index contributed by atoms with van der Waals surface area (Å²) >= 11 is 0. The minimum absolute atomic E-state index is 0.0748. The Kier molecular flexibility index (Phi) is 6.26. The van der Waals surface area contributed by atoms with Crippen molar-refractivity contribution in [2.45, 2.75) is 25.8 Å². The molecule has 24 heavy (non-hydrogen) atoms. The van der Waals surface area contributed by atoms with Crippen LogP contribution in [0.3, 0.4) is 0 Å². The van der Waals surface area contributed by atoms with Crippen molar-refractivity contribution in [2.24, 2.45) is 5.10 Å². The lowest BCUT2D eigenvalue weighted by molar-refractivity contribution is -0.124. The van der Waals surface area contributed by atoms with Crippen molar-refractivity contribution in [1.29, 1.82) is 0 Å². The molecule has 0 radical (unpaired) electrons. The number of hydrogen-bond donors (Lipinski definition) is 4. The van der Waals surface area contributed by atoms with Crippen molar-refractivity contribution in [2.75, 3.05) is 6.61 Å². The summed E-state index contributed by atoms with van der Waals surface area (Å²) in [5, 5.41) is 5.99. The number of urea groups is 1. The molecule has 1 fully saturated rings. The van der Waals surface area contributed by atoms with E-state index in [9.17, 15) is 14.4 Å². The smallest absolute Gasteiger partial charge is 0.335 e. The third-order valence-electron chi connectivity index (χ3n) is 3.18. The minimum atomic E-state index is -0.656. The molecule has 0 saturated carbocycles. The molecule has 9 nitrogen and oxygen atoms in total. The van der Waals surface area contributed by atoms with Crippen molar-refractivity contribution in [1.82, 2.24) is 21.6 Å². The van der Waals surface area contributed by atoms with E-state index in [-0.39, 0.29) is 18.7 Å². The Morgan fingerprint density at radius 2 is 2.17 bits per heavy atom. The van der Waals surface area contributed by atoms with Crippen LogP contribution in [0.15, 0.2) is 29.4 Å². The van der Waals surface area contributed by atoms with E-state index >= 15 is 0 Å². The van der Waals surface area contributed by atoms with Crippen molar-refractivity contribution in [3.05, 3.63) is 29.8 Å². The predicted octanol–water partition coefficient (Wildman–Crippen LogP) is 0.0282. The minimum Gasteiger partial charge on any atom is -0.493 e. The normalized spacial score (nSPS) is 17.3. The number of amides is 4. The third-order valence-corrected chi connectivity index (χ3v) is 3.18. The Labute approximate surface area is 138 Å². The second-order valence-corrected chi connectivity index (χ2v) is 4.94. The summed E-state index contributed by atoms with van der Waals surface area (Å²) in [7, 11) is 0. The molecule has 1 unspecified atom stereocenters. The molecule has 1 aliphatic heterocycles. The predicted molar refractivity (Wildman–Crippen MR) is 86.2 cm³/mol. The van der Waals surface area contributed by atoms with Gasteiger partial charge in [-0.2, -0.15) is 5.10 Å². The highest BCUT2D eigenvalue weighted by atomic mass is 16.5. The van der Waals surface area contributed by atoms with Gasteiger partial charge < -0.3 is 4.74 Å². The van der Waals surface area contributed by atoms with E-state index in [1.807, 2.05) is 31.2 Å². The maximum atomic E-state index is 11.8. The molecule has 4 amide bonds. The van der Waals surface area contributed by atoms with Crippen LogP contribution in [0.4, 0.5) is 4.79 Å². The molecule has 1 saturated heterocycles. The third kappa shape index (κ3) is 5.06. The molecule has 0 aliphatic carbocycles. The highest BCUT2D eigenvalue weighted by Gasteiger charge is 2.25. The van der Waals surface area contributed by atoms with Gasteiger partial charge in [0.1, 0.15) is 11.8 Å². The number of rotatable bonds is 7. The molecule has 1 atom stereocenters. The summed E-state index contributed by atoms with van der Waals surface area (Å²) in [5.41, 5.74) is 7.94. The van der Waals surface area contributed by atoms with Crippen molar-refractivity contribution in [3.63, 3.8) is 0 Å². The fraction of sp³-hybridized carbons (Fsp3) is 0.333. The van der Waals surface area contributed by atoms with Crippen LogP contribution in [0.1, 0.15) is 25.3 Å². The molecule has 0 spiro atoms. The second-order valence-electron chi connectivity index (χ2n) is 4.94. The van der Waals surface area contributed by atoms with E-state index in [1.165, 1.54) is 6.21 Å². The number of hydrogen-bond acceptors (Lipinski definition) is 6. The van der Waals surface area contributed by atoms with Crippen LogP contribution in [-0.4, -0.2) is 36.7 Å². The Bertz CT molecular complexity index is 647. The van der Waals surface area contributed by atoms with Crippen molar-refractivity contribution < 1.29 is 19.1 Å².